The predicted molar refractivity (Wildman–Crippen MR) is 24.2 cm³/mol. The van der Waals surface area contributed by atoms with E-state index in [2.05, 4.69) is 6.58 Å². The van der Waals surface area contributed by atoms with Crippen molar-refractivity contribution in [3.8, 4) is 0 Å². The van der Waals surface area contributed by atoms with Crippen molar-refractivity contribution in [1.29, 1.82) is 0 Å². The van der Waals surface area contributed by atoms with Crippen molar-refractivity contribution in [1.82, 2.24) is 0 Å². The number of rotatable bonds is 2. The zero-order valence-electron chi connectivity index (χ0n) is 3.42. The summed E-state index contributed by atoms with van der Waals surface area (Å²) >= 11 is 0. The van der Waals surface area contributed by atoms with Gasteiger partial charge in [-0.05, 0) is 0 Å². The van der Waals surface area contributed by atoms with Gasteiger partial charge >= 0.3 is 0 Å². The van der Waals surface area contributed by atoms with Crippen molar-refractivity contribution in [3.63, 3.8) is 0 Å². The third-order valence-corrected chi connectivity index (χ3v) is 0.429. The monoisotopic (exact) mass is 85.1 g/mol. The molecule has 0 unspecified atom stereocenters. The minimum Gasteiger partial charge on any atom is -0.319 e. The summed E-state index contributed by atoms with van der Waals surface area (Å²) in [5.74, 6) is 0. The molecule has 0 bridgehead atoms. The Morgan fingerprint density at radius 3 is 2.33 bits per heavy atom. The lowest BCUT2D eigenvalue weighted by molar-refractivity contribution is -0.108. The molecule has 0 aromatic rings. The molecule has 0 radical (unpaired) electrons. The fourth-order valence-corrected chi connectivity index (χ4v) is 0.0556. The van der Waals surface area contributed by atoms with E-state index in [9.17, 15) is 4.79 Å². The van der Waals surface area contributed by atoms with E-state index in [-0.39, 0.29) is 0 Å². The standard InChI is InChI=1S/C4H7NO/c1-2-4(5)3-6/h2-4H,1,5H2/t4-/m0/s1. The third kappa shape index (κ3) is 1.67. The summed E-state index contributed by atoms with van der Waals surface area (Å²) in [4.78, 5) is 9.54. The molecular formula is C4H7NO. The molecule has 0 saturated carbocycles. The predicted octanol–water partition coefficient (Wildman–Crippen LogP) is -0.301. The lowest BCUT2D eigenvalue weighted by Crippen LogP contribution is -2.16. The maximum Gasteiger partial charge on any atom is 0.140 e. The summed E-state index contributed by atoms with van der Waals surface area (Å²) in [6, 6.07) is -0.481. The van der Waals surface area contributed by atoms with Crippen LogP contribution in [-0.2, 0) is 4.79 Å². The molecule has 6 heavy (non-hydrogen) atoms. The van der Waals surface area contributed by atoms with E-state index < -0.39 is 6.04 Å². The first-order valence-corrected chi connectivity index (χ1v) is 1.64. The second kappa shape index (κ2) is 2.60. The van der Waals surface area contributed by atoms with Crippen LogP contribution in [0.5, 0.6) is 0 Å². The second-order valence-corrected chi connectivity index (χ2v) is 0.949. The van der Waals surface area contributed by atoms with Crippen LogP contribution in [0.3, 0.4) is 0 Å². The molecule has 1 atom stereocenters. The van der Waals surface area contributed by atoms with E-state index >= 15 is 0 Å². The van der Waals surface area contributed by atoms with Gasteiger partial charge in [-0.2, -0.15) is 0 Å². The van der Waals surface area contributed by atoms with Gasteiger partial charge in [-0.25, -0.2) is 0 Å². The average Bonchev–Trinajstić information content (AvgIpc) is 1.65. The highest BCUT2D eigenvalue weighted by Gasteiger charge is 1.84. The Hall–Kier alpha value is -0.630. The molecule has 0 spiro atoms. The van der Waals surface area contributed by atoms with Gasteiger partial charge in [0.15, 0.2) is 0 Å². The van der Waals surface area contributed by atoms with Crippen LogP contribution >= 0.6 is 0 Å². The van der Waals surface area contributed by atoms with Gasteiger partial charge in [0.2, 0.25) is 0 Å². The van der Waals surface area contributed by atoms with Crippen molar-refractivity contribution < 1.29 is 4.79 Å². The van der Waals surface area contributed by atoms with Gasteiger partial charge in [0.1, 0.15) is 6.29 Å². The number of carbonyl (C=O) groups is 1. The lowest BCUT2D eigenvalue weighted by atomic mass is 10.4. The summed E-state index contributed by atoms with van der Waals surface area (Å²) in [6.07, 6.45) is 2.01. The van der Waals surface area contributed by atoms with Crippen molar-refractivity contribution in [2.75, 3.05) is 0 Å². The SMILES string of the molecule is C=C[C@H](N)C=O. The molecule has 0 heterocycles. The number of aldehydes is 1. The third-order valence-electron chi connectivity index (χ3n) is 0.429. The highest BCUT2D eigenvalue weighted by Crippen LogP contribution is 1.65. The quantitative estimate of drug-likeness (QED) is 0.369. The van der Waals surface area contributed by atoms with Crippen LogP contribution < -0.4 is 5.73 Å². The van der Waals surface area contributed by atoms with Gasteiger partial charge in [-0.15, -0.1) is 6.58 Å². The number of hydrogen-bond acceptors (Lipinski definition) is 2. The topological polar surface area (TPSA) is 43.1 Å². The molecule has 0 aliphatic carbocycles. The van der Waals surface area contributed by atoms with Gasteiger partial charge in [-0.1, -0.05) is 6.08 Å². The first-order valence-electron chi connectivity index (χ1n) is 1.64. The van der Waals surface area contributed by atoms with E-state index in [1.165, 1.54) is 6.08 Å². The molecule has 0 aromatic carbocycles. The zero-order valence-corrected chi connectivity index (χ0v) is 3.42. The smallest absolute Gasteiger partial charge is 0.140 e. The van der Waals surface area contributed by atoms with E-state index in [4.69, 9.17) is 5.73 Å². The van der Waals surface area contributed by atoms with Crippen LogP contribution in [0.2, 0.25) is 0 Å². The normalized spacial score (nSPS) is 12.8. The van der Waals surface area contributed by atoms with Crippen LogP contribution in [0.1, 0.15) is 0 Å². The Morgan fingerprint density at radius 2 is 2.33 bits per heavy atom. The molecule has 0 saturated heterocycles. The first kappa shape index (κ1) is 5.37. The van der Waals surface area contributed by atoms with E-state index in [0.717, 1.165) is 0 Å². The summed E-state index contributed by atoms with van der Waals surface area (Å²) in [5, 5.41) is 0. The van der Waals surface area contributed by atoms with Crippen LogP contribution in [0.25, 0.3) is 0 Å². The van der Waals surface area contributed by atoms with Crippen LogP contribution in [0.4, 0.5) is 0 Å². The van der Waals surface area contributed by atoms with Crippen molar-refractivity contribution >= 4 is 6.29 Å². The fraction of sp³-hybridized carbons (Fsp3) is 0.250. The Bertz CT molecular complexity index is 52.6. The Morgan fingerprint density at radius 1 is 1.83 bits per heavy atom. The Labute approximate surface area is 36.6 Å². The molecule has 2 nitrogen and oxygen atoms in total. The van der Waals surface area contributed by atoms with Crippen LogP contribution in [0.15, 0.2) is 12.7 Å². The van der Waals surface area contributed by atoms with Gasteiger partial charge in [0, 0.05) is 0 Å². The molecule has 2 heteroatoms. The minimum atomic E-state index is -0.481. The second-order valence-electron chi connectivity index (χ2n) is 0.949. The number of nitrogens with two attached hydrogens (primary N) is 1. The fourth-order valence-electron chi connectivity index (χ4n) is 0.0556. The van der Waals surface area contributed by atoms with Gasteiger partial charge in [-0.3, -0.25) is 0 Å². The number of hydrogen-bond donors (Lipinski definition) is 1. The lowest BCUT2D eigenvalue weighted by Gasteiger charge is -1.85. The molecule has 0 aliphatic heterocycles. The molecule has 0 aromatic heterocycles. The molecule has 0 rings (SSSR count). The Balaban J connectivity index is 3.21. The maximum absolute atomic E-state index is 9.54. The van der Waals surface area contributed by atoms with E-state index in [0.29, 0.717) is 6.29 Å². The summed E-state index contributed by atoms with van der Waals surface area (Å²) in [7, 11) is 0. The Kier molecular flexibility index (Phi) is 2.33. The molecule has 0 amide bonds. The largest absolute Gasteiger partial charge is 0.319 e. The highest BCUT2D eigenvalue weighted by molar-refractivity contribution is 5.59. The van der Waals surface area contributed by atoms with Crippen molar-refractivity contribution in [2.45, 2.75) is 6.04 Å². The van der Waals surface area contributed by atoms with Crippen molar-refractivity contribution in [2.24, 2.45) is 5.73 Å². The van der Waals surface area contributed by atoms with Crippen molar-refractivity contribution in [3.05, 3.63) is 12.7 Å². The molecule has 2 N–H and O–H groups in total. The van der Waals surface area contributed by atoms with E-state index in [1.54, 1.807) is 0 Å². The highest BCUT2D eigenvalue weighted by atomic mass is 16.1. The summed E-state index contributed by atoms with van der Waals surface area (Å²) < 4.78 is 0. The first-order chi connectivity index (χ1) is 2.81. The minimum absolute atomic E-state index is 0.481. The van der Waals surface area contributed by atoms with Gasteiger partial charge in [0.25, 0.3) is 0 Å². The van der Waals surface area contributed by atoms with Crippen LogP contribution in [0, 0.1) is 0 Å². The molecular weight excluding hydrogens is 78.0 g/mol. The van der Waals surface area contributed by atoms with E-state index in [1.807, 2.05) is 0 Å². The summed E-state index contributed by atoms with van der Waals surface area (Å²) in [6.45, 7) is 3.28. The van der Waals surface area contributed by atoms with Gasteiger partial charge < -0.3 is 10.5 Å². The molecule has 34 valence electrons. The average molecular weight is 85.1 g/mol. The molecule has 0 fully saturated rings. The zero-order chi connectivity index (χ0) is 4.99. The number of carbonyl (C=O) groups excluding carboxylic acids is 1. The van der Waals surface area contributed by atoms with Gasteiger partial charge in [0.05, 0.1) is 6.04 Å². The van der Waals surface area contributed by atoms with Crippen LogP contribution in [-0.4, -0.2) is 12.3 Å². The summed E-state index contributed by atoms with van der Waals surface area (Å²) in [5.41, 5.74) is 4.99. The molecule has 0 aliphatic rings. The maximum atomic E-state index is 9.54.